The number of carbonyl (C=O) groups excluding carboxylic acids is 2. The van der Waals surface area contributed by atoms with Gasteiger partial charge in [0.25, 0.3) is 11.8 Å². The Bertz CT molecular complexity index is 1240. The molecule has 0 aliphatic rings. The summed E-state index contributed by atoms with van der Waals surface area (Å²) in [6, 6.07) is 11.2. The fourth-order valence-electron chi connectivity index (χ4n) is 3.50. The van der Waals surface area contributed by atoms with Gasteiger partial charge in [0.1, 0.15) is 11.1 Å². The molecule has 2 heterocycles. The van der Waals surface area contributed by atoms with Crippen molar-refractivity contribution in [1.82, 2.24) is 25.0 Å². The maximum Gasteiger partial charge on any atom is 0.259 e. The third-order valence-corrected chi connectivity index (χ3v) is 5.62. The summed E-state index contributed by atoms with van der Waals surface area (Å²) in [4.78, 5) is 41.0. The van der Waals surface area contributed by atoms with E-state index in [2.05, 4.69) is 15.5 Å². The van der Waals surface area contributed by atoms with Gasteiger partial charge < -0.3 is 14.8 Å². The van der Waals surface area contributed by atoms with E-state index in [9.17, 15) is 14.4 Å². The lowest BCUT2D eigenvalue weighted by molar-refractivity contribution is 0.0737. The Morgan fingerprint density at radius 1 is 1.06 bits per heavy atom. The van der Waals surface area contributed by atoms with Gasteiger partial charge in [0.15, 0.2) is 0 Å². The average molecular weight is 464 g/mol. The van der Waals surface area contributed by atoms with Gasteiger partial charge in [-0.05, 0) is 47.6 Å². The van der Waals surface area contributed by atoms with Crippen LogP contribution in [0.1, 0.15) is 80.0 Å². The van der Waals surface area contributed by atoms with Crippen LogP contribution in [0, 0.1) is 0 Å². The number of H-pyrrole nitrogens is 1. The molecular weight excluding hydrogens is 430 g/mol. The van der Waals surface area contributed by atoms with Crippen LogP contribution < -0.4 is 10.7 Å². The van der Waals surface area contributed by atoms with E-state index >= 15 is 0 Å². The SMILES string of the molecule is CC(c1cc(-c2ccccc2)n[nH]1)N(C)C(=O)c1cn(C(C)C)cc(C(=O)NC(C)(C)C)c1=O. The predicted octanol–water partition coefficient (Wildman–Crippen LogP) is 4.18. The van der Waals surface area contributed by atoms with Crippen LogP contribution in [-0.4, -0.2) is 44.1 Å². The minimum Gasteiger partial charge on any atom is -0.350 e. The number of aromatic amines is 1. The lowest BCUT2D eigenvalue weighted by Gasteiger charge is -2.25. The number of amides is 2. The standard InChI is InChI=1S/C26H33N5O3/c1-16(2)31-14-19(24(33)27-26(4,5)6)23(32)20(15-31)25(34)30(7)17(3)21-13-22(29-28-21)18-11-9-8-10-12-18/h8-17H,1-7H3,(H,27,33)(H,28,29). The van der Waals surface area contributed by atoms with Gasteiger partial charge in [0.05, 0.1) is 17.4 Å². The van der Waals surface area contributed by atoms with Gasteiger partial charge in [0.2, 0.25) is 5.43 Å². The third kappa shape index (κ3) is 5.44. The number of carbonyl (C=O) groups is 2. The van der Waals surface area contributed by atoms with E-state index in [0.717, 1.165) is 17.0 Å². The van der Waals surface area contributed by atoms with Gasteiger partial charge in [-0.1, -0.05) is 30.3 Å². The summed E-state index contributed by atoms with van der Waals surface area (Å²) in [7, 11) is 1.64. The zero-order chi connectivity index (χ0) is 25.2. The molecule has 0 aliphatic carbocycles. The molecule has 0 spiro atoms. The van der Waals surface area contributed by atoms with Crippen molar-refractivity contribution in [3.8, 4) is 11.3 Å². The van der Waals surface area contributed by atoms with E-state index in [4.69, 9.17) is 0 Å². The highest BCUT2D eigenvalue weighted by molar-refractivity contribution is 5.99. The zero-order valence-corrected chi connectivity index (χ0v) is 20.8. The second-order valence-electron chi connectivity index (χ2n) is 9.83. The summed E-state index contributed by atoms with van der Waals surface area (Å²) < 4.78 is 1.72. The molecule has 0 aliphatic heterocycles. The van der Waals surface area contributed by atoms with Crippen LogP contribution in [0.25, 0.3) is 11.3 Å². The number of nitrogens with zero attached hydrogens (tertiary/aromatic N) is 3. The highest BCUT2D eigenvalue weighted by atomic mass is 16.2. The van der Waals surface area contributed by atoms with E-state index in [1.807, 2.05) is 77.9 Å². The van der Waals surface area contributed by atoms with E-state index in [1.165, 1.54) is 17.3 Å². The monoisotopic (exact) mass is 463 g/mol. The maximum absolute atomic E-state index is 13.4. The lowest BCUT2D eigenvalue weighted by atomic mass is 10.1. The van der Waals surface area contributed by atoms with Gasteiger partial charge >= 0.3 is 0 Å². The first-order valence-corrected chi connectivity index (χ1v) is 11.3. The average Bonchev–Trinajstić information content (AvgIpc) is 3.27. The maximum atomic E-state index is 13.4. The number of benzene rings is 1. The highest BCUT2D eigenvalue weighted by Gasteiger charge is 2.27. The Hall–Kier alpha value is -3.68. The topological polar surface area (TPSA) is 100 Å². The summed E-state index contributed by atoms with van der Waals surface area (Å²) in [5.74, 6) is -0.966. The minimum absolute atomic E-state index is 0.0443. The number of hydrogen-bond acceptors (Lipinski definition) is 4. The summed E-state index contributed by atoms with van der Waals surface area (Å²) in [5.41, 5.74) is 1.26. The highest BCUT2D eigenvalue weighted by Crippen LogP contribution is 2.24. The van der Waals surface area contributed by atoms with E-state index < -0.39 is 22.8 Å². The van der Waals surface area contributed by atoms with Crippen LogP contribution in [0.2, 0.25) is 0 Å². The molecule has 1 unspecified atom stereocenters. The molecule has 0 saturated carbocycles. The van der Waals surface area contributed by atoms with Crippen molar-refractivity contribution >= 4 is 11.8 Å². The van der Waals surface area contributed by atoms with Crippen LogP contribution in [0.3, 0.4) is 0 Å². The van der Waals surface area contributed by atoms with Crippen molar-refractivity contribution in [2.24, 2.45) is 0 Å². The Balaban J connectivity index is 1.94. The van der Waals surface area contributed by atoms with Crippen LogP contribution in [0.15, 0.2) is 53.6 Å². The summed E-state index contributed by atoms with van der Waals surface area (Å²) >= 11 is 0. The quantitative estimate of drug-likeness (QED) is 0.573. The Labute approximate surface area is 200 Å². The number of hydrogen-bond donors (Lipinski definition) is 2. The van der Waals surface area contributed by atoms with Crippen molar-refractivity contribution in [3.05, 3.63) is 75.8 Å². The fourth-order valence-corrected chi connectivity index (χ4v) is 3.50. The van der Waals surface area contributed by atoms with E-state index in [1.54, 1.807) is 11.6 Å². The molecular formula is C26H33N5O3. The van der Waals surface area contributed by atoms with Crippen molar-refractivity contribution in [1.29, 1.82) is 0 Å². The first-order chi connectivity index (χ1) is 15.9. The Kier molecular flexibility index (Phi) is 7.09. The molecule has 0 radical (unpaired) electrons. The molecule has 2 aromatic heterocycles. The largest absolute Gasteiger partial charge is 0.350 e. The van der Waals surface area contributed by atoms with Gasteiger partial charge in [-0.15, -0.1) is 0 Å². The zero-order valence-electron chi connectivity index (χ0n) is 20.8. The first kappa shape index (κ1) is 25.0. The van der Waals surface area contributed by atoms with Crippen LogP contribution in [0.5, 0.6) is 0 Å². The number of aromatic nitrogens is 3. The van der Waals surface area contributed by atoms with Crippen molar-refractivity contribution < 1.29 is 9.59 Å². The van der Waals surface area contributed by atoms with Crippen molar-refractivity contribution in [2.45, 2.75) is 59.2 Å². The number of pyridine rings is 1. The van der Waals surface area contributed by atoms with Crippen LogP contribution >= 0.6 is 0 Å². The van der Waals surface area contributed by atoms with Gasteiger partial charge in [-0.2, -0.15) is 5.10 Å². The fraction of sp³-hybridized carbons (Fsp3) is 0.385. The molecule has 0 fully saturated rings. The molecule has 2 N–H and O–H groups in total. The van der Waals surface area contributed by atoms with Crippen LogP contribution in [0.4, 0.5) is 0 Å². The third-order valence-electron chi connectivity index (χ3n) is 5.62. The molecule has 0 saturated heterocycles. The summed E-state index contributed by atoms with van der Waals surface area (Å²) in [6.07, 6.45) is 3.03. The van der Waals surface area contributed by atoms with E-state index in [-0.39, 0.29) is 23.2 Å². The van der Waals surface area contributed by atoms with Crippen molar-refractivity contribution in [3.63, 3.8) is 0 Å². The molecule has 8 nitrogen and oxygen atoms in total. The molecule has 3 rings (SSSR count). The van der Waals surface area contributed by atoms with Gasteiger partial charge in [-0.25, -0.2) is 0 Å². The van der Waals surface area contributed by atoms with Crippen molar-refractivity contribution in [2.75, 3.05) is 7.05 Å². The molecule has 1 atom stereocenters. The molecule has 0 bridgehead atoms. The second-order valence-corrected chi connectivity index (χ2v) is 9.83. The molecule has 3 aromatic rings. The Morgan fingerprint density at radius 3 is 2.26 bits per heavy atom. The molecule has 2 amide bonds. The number of rotatable bonds is 6. The normalized spacial score (nSPS) is 12.5. The number of nitrogens with one attached hydrogen (secondary N) is 2. The van der Waals surface area contributed by atoms with Crippen LogP contribution in [-0.2, 0) is 0 Å². The lowest BCUT2D eigenvalue weighted by Crippen LogP contribution is -2.43. The second kappa shape index (κ2) is 9.67. The molecule has 1 aromatic carbocycles. The molecule has 34 heavy (non-hydrogen) atoms. The minimum atomic E-state index is -0.586. The first-order valence-electron chi connectivity index (χ1n) is 11.3. The smallest absolute Gasteiger partial charge is 0.259 e. The molecule has 180 valence electrons. The van der Waals surface area contributed by atoms with Gasteiger partial charge in [-0.3, -0.25) is 19.5 Å². The summed E-state index contributed by atoms with van der Waals surface area (Å²) in [5, 5.41) is 10.2. The summed E-state index contributed by atoms with van der Waals surface area (Å²) in [6.45, 7) is 11.2. The van der Waals surface area contributed by atoms with E-state index in [0.29, 0.717) is 0 Å². The predicted molar refractivity (Wildman–Crippen MR) is 133 cm³/mol. The van der Waals surface area contributed by atoms with Gasteiger partial charge in [0, 0.05) is 36.6 Å². The molecule has 8 heteroatoms. The Morgan fingerprint density at radius 2 is 1.68 bits per heavy atom.